The van der Waals surface area contributed by atoms with Gasteiger partial charge in [0.05, 0.1) is 17.7 Å². The van der Waals surface area contributed by atoms with Gasteiger partial charge >= 0.3 is 57.4 Å². The van der Waals surface area contributed by atoms with Gasteiger partial charge in [0, 0.05) is 12.6 Å². The molecule has 0 bridgehead atoms. The van der Waals surface area contributed by atoms with Crippen LogP contribution in [0.25, 0.3) is 22.6 Å². The van der Waals surface area contributed by atoms with Gasteiger partial charge in [0.15, 0.2) is 5.58 Å². The molecule has 1 heterocycles. The Morgan fingerprint density at radius 2 is 1.96 bits per heavy atom. The Balaban J connectivity index is 0.00000280. The minimum Gasteiger partial charge on any atom is -0.548 e. The minimum absolute atomic E-state index is 0. The minimum atomic E-state index is -1.41. The number of amides is 2. The number of fused-ring (bicyclic) bond motifs is 1. The Morgan fingerprint density at radius 1 is 1.25 bits per heavy atom. The quantitative estimate of drug-likeness (QED) is 0.589. The molecular weight excluding hydrogens is 392 g/mol. The number of nitrogens with zero attached hydrogens (tertiary/aromatic N) is 2. The van der Waals surface area contributed by atoms with Gasteiger partial charge in [0.2, 0.25) is 5.89 Å². The molecule has 0 fully saturated rings. The normalized spacial score (nSPS) is 11.6. The molecule has 0 aliphatic rings. The first kappa shape index (κ1) is 22.5. The summed E-state index contributed by atoms with van der Waals surface area (Å²) in [6.07, 6.45) is 0. The van der Waals surface area contributed by atoms with Gasteiger partial charge < -0.3 is 24.5 Å². The van der Waals surface area contributed by atoms with Crippen LogP contribution in [0.2, 0.25) is 0 Å². The van der Waals surface area contributed by atoms with Gasteiger partial charge in [-0.15, -0.1) is 0 Å². The molecule has 0 radical (unpaired) electrons. The summed E-state index contributed by atoms with van der Waals surface area (Å²) in [5.74, 6) is -1.85. The number of urea groups is 1. The average molecular weight is 409 g/mol. The Morgan fingerprint density at radius 3 is 2.61 bits per heavy atom. The van der Waals surface area contributed by atoms with Crippen LogP contribution in [0.15, 0.2) is 40.8 Å². The van der Waals surface area contributed by atoms with Gasteiger partial charge in [0.1, 0.15) is 11.3 Å². The topological polar surface area (TPSA) is 98.5 Å². The second-order valence-electron chi connectivity index (χ2n) is 6.22. The van der Waals surface area contributed by atoms with E-state index in [1.165, 1.54) is 26.1 Å². The number of carboxylic acids is 1. The summed E-state index contributed by atoms with van der Waals surface area (Å²) in [5.41, 5.74) is 2.61. The summed E-state index contributed by atoms with van der Waals surface area (Å²) in [4.78, 5) is 28.1. The second-order valence-corrected chi connectivity index (χ2v) is 6.22. The van der Waals surface area contributed by atoms with Crippen LogP contribution in [-0.4, -0.2) is 35.0 Å². The maximum Gasteiger partial charge on any atom is 1.00 e. The van der Waals surface area contributed by atoms with Crippen molar-refractivity contribution in [1.29, 1.82) is 0 Å². The molecule has 7 nitrogen and oxygen atoms in total. The number of oxazole rings is 1. The predicted octanol–water partition coefficient (Wildman–Crippen LogP) is -0.452. The zero-order valence-electron chi connectivity index (χ0n) is 15.9. The number of carbonyl (C=O) groups is 2. The molecule has 9 heteroatoms. The van der Waals surface area contributed by atoms with Gasteiger partial charge in [-0.25, -0.2) is 14.2 Å². The van der Waals surface area contributed by atoms with Crippen LogP contribution in [0, 0.1) is 12.7 Å². The van der Waals surface area contributed by atoms with E-state index in [9.17, 15) is 19.1 Å². The number of benzene rings is 2. The van der Waals surface area contributed by atoms with Crippen molar-refractivity contribution in [2.24, 2.45) is 0 Å². The van der Waals surface area contributed by atoms with Crippen LogP contribution in [0.1, 0.15) is 12.5 Å². The number of likely N-dealkylation sites (N-methyl/N-ethyl adjacent to an activating group) is 1. The van der Waals surface area contributed by atoms with Crippen molar-refractivity contribution >= 4 is 28.8 Å². The fourth-order valence-electron chi connectivity index (χ4n) is 2.45. The zero-order valence-corrected chi connectivity index (χ0v) is 19.1. The Bertz CT molecular complexity index is 1040. The van der Waals surface area contributed by atoms with Gasteiger partial charge in [-0.2, -0.15) is 0 Å². The third-order valence-electron chi connectivity index (χ3n) is 4.24. The molecule has 2 aromatic carbocycles. The molecule has 140 valence electrons. The van der Waals surface area contributed by atoms with E-state index in [-0.39, 0.29) is 63.0 Å². The molecule has 0 aliphatic carbocycles. The smallest absolute Gasteiger partial charge is 0.548 e. The number of hydrogen-bond acceptors (Lipinski definition) is 5. The maximum atomic E-state index is 14.4. The van der Waals surface area contributed by atoms with E-state index in [1.807, 2.05) is 19.1 Å². The summed E-state index contributed by atoms with van der Waals surface area (Å²) in [6.45, 7) is 3.23. The third kappa shape index (κ3) is 4.79. The first-order valence-corrected chi connectivity index (χ1v) is 8.18. The number of hydrogen-bond donors (Lipinski definition) is 1. The van der Waals surface area contributed by atoms with Gasteiger partial charge in [-0.05, 0) is 49.7 Å². The third-order valence-corrected chi connectivity index (χ3v) is 4.24. The van der Waals surface area contributed by atoms with Crippen molar-refractivity contribution in [3.63, 3.8) is 0 Å². The monoisotopic (exact) mass is 409 g/mol. The van der Waals surface area contributed by atoms with E-state index < -0.39 is 23.9 Å². The van der Waals surface area contributed by atoms with E-state index in [1.54, 1.807) is 12.1 Å². The van der Waals surface area contributed by atoms with Crippen LogP contribution in [0.3, 0.4) is 0 Å². The maximum absolute atomic E-state index is 14.4. The molecule has 1 aromatic heterocycles. The summed E-state index contributed by atoms with van der Waals surface area (Å²) in [5, 5.41) is 13.2. The van der Waals surface area contributed by atoms with Crippen LogP contribution in [-0.2, 0) is 4.79 Å². The van der Waals surface area contributed by atoms with Crippen LogP contribution in [0.5, 0.6) is 0 Å². The summed E-state index contributed by atoms with van der Waals surface area (Å²) < 4.78 is 20.0. The molecule has 1 unspecified atom stereocenters. The molecule has 2 amide bonds. The Kier molecular flexibility index (Phi) is 7.35. The number of anilines is 1. The number of aliphatic carboxylic acids is 1. The van der Waals surface area contributed by atoms with Crippen molar-refractivity contribution < 1.29 is 74.9 Å². The number of aromatic nitrogens is 1. The van der Waals surface area contributed by atoms with E-state index >= 15 is 0 Å². The zero-order chi connectivity index (χ0) is 19.7. The molecule has 0 aliphatic heterocycles. The molecular formula is C19H17FKN3O4. The van der Waals surface area contributed by atoms with E-state index in [2.05, 4.69) is 10.3 Å². The molecule has 1 N–H and O–H groups in total. The Hall–Kier alpha value is -1.78. The standard InChI is InChI=1S/C19H18FN3O4.K/c1-10-4-7-16-15(8-10)21-17(27-16)12-5-6-14(13(20)9-12)22-19(26)23(3)11(2)18(24)25;/h4-9,11H,1-3H3,(H,22,26)(H,24,25);/q;+1/p-1. The first-order valence-electron chi connectivity index (χ1n) is 8.18. The summed E-state index contributed by atoms with van der Waals surface area (Å²) in [6, 6.07) is 7.72. The molecule has 1 atom stereocenters. The van der Waals surface area contributed by atoms with Crippen LogP contribution in [0.4, 0.5) is 14.9 Å². The van der Waals surface area contributed by atoms with Gasteiger partial charge in [0.25, 0.3) is 0 Å². The molecule has 0 saturated heterocycles. The summed E-state index contributed by atoms with van der Waals surface area (Å²) in [7, 11) is 1.28. The number of carboxylic acid groups (broad SMARTS) is 1. The Labute approximate surface area is 203 Å². The molecule has 3 aromatic rings. The van der Waals surface area contributed by atoms with Gasteiger partial charge in [-0.1, -0.05) is 6.07 Å². The first-order chi connectivity index (χ1) is 12.8. The fraction of sp³-hybridized carbons (Fsp3) is 0.211. The molecule has 0 spiro atoms. The van der Waals surface area contributed by atoms with Crippen molar-refractivity contribution in [3.8, 4) is 11.5 Å². The van der Waals surface area contributed by atoms with E-state index in [4.69, 9.17) is 4.42 Å². The van der Waals surface area contributed by atoms with Crippen molar-refractivity contribution in [2.45, 2.75) is 19.9 Å². The average Bonchev–Trinajstić information content (AvgIpc) is 3.04. The molecule has 3 rings (SSSR count). The number of halogens is 1. The second kappa shape index (κ2) is 9.14. The number of nitrogens with one attached hydrogen (secondary N) is 1. The largest absolute Gasteiger partial charge is 1.00 e. The summed E-state index contributed by atoms with van der Waals surface area (Å²) >= 11 is 0. The number of rotatable bonds is 4. The van der Waals surface area contributed by atoms with Crippen molar-refractivity contribution in [3.05, 3.63) is 47.8 Å². The van der Waals surface area contributed by atoms with Crippen LogP contribution >= 0.6 is 0 Å². The van der Waals surface area contributed by atoms with E-state index in [0.29, 0.717) is 16.7 Å². The van der Waals surface area contributed by atoms with Crippen molar-refractivity contribution in [1.82, 2.24) is 9.88 Å². The predicted molar refractivity (Wildman–Crippen MR) is 95.4 cm³/mol. The van der Waals surface area contributed by atoms with Gasteiger partial charge in [-0.3, -0.25) is 0 Å². The fourth-order valence-corrected chi connectivity index (χ4v) is 2.45. The van der Waals surface area contributed by atoms with Crippen molar-refractivity contribution in [2.75, 3.05) is 12.4 Å². The molecule has 0 saturated carbocycles. The molecule has 28 heavy (non-hydrogen) atoms. The number of aryl methyl sites for hydroxylation is 1. The van der Waals surface area contributed by atoms with Crippen LogP contribution < -0.4 is 61.8 Å². The SMILES string of the molecule is Cc1ccc2oc(-c3ccc(NC(=O)N(C)C(C)C(=O)[O-])c(F)c3)nc2c1.[K+]. The van der Waals surface area contributed by atoms with E-state index in [0.717, 1.165) is 10.5 Å². The number of carbonyl (C=O) groups excluding carboxylic acids is 2.